The van der Waals surface area contributed by atoms with Crippen LogP contribution in [0.5, 0.6) is 0 Å². The van der Waals surface area contributed by atoms with Crippen LogP contribution in [0.1, 0.15) is 17.3 Å². The zero-order chi connectivity index (χ0) is 10.7. The average molecular weight is 225 g/mol. The Kier molecular flexibility index (Phi) is 2.99. The van der Waals surface area contributed by atoms with Crippen LogP contribution in [0.3, 0.4) is 0 Å². The lowest BCUT2D eigenvalue weighted by Gasteiger charge is -1.96. The summed E-state index contributed by atoms with van der Waals surface area (Å²) in [5.74, 6) is 0.772. The smallest absolute Gasteiger partial charge is 0.252 e. The van der Waals surface area contributed by atoms with Crippen LogP contribution in [-0.2, 0) is 13.0 Å². The molecule has 2 rings (SSSR count). The molecule has 0 aliphatic rings. The van der Waals surface area contributed by atoms with Gasteiger partial charge in [-0.05, 0) is 17.7 Å². The first-order valence-electron chi connectivity index (χ1n) is 4.44. The van der Waals surface area contributed by atoms with Crippen molar-refractivity contribution in [3.8, 4) is 0 Å². The highest BCUT2D eigenvalue weighted by Crippen LogP contribution is 2.13. The second-order valence-electron chi connectivity index (χ2n) is 3.07. The molecule has 0 atom stereocenters. The molecule has 0 aliphatic heterocycles. The van der Waals surface area contributed by atoms with Gasteiger partial charge in [-0.2, -0.15) is 4.98 Å². The van der Waals surface area contributed by atoms with E-state index in [1.165, 1.54) is 0 Å². The molecule has 1 N–H and O–H groups in total. The highest BCUT2D eigenvalue weighted by Gasteiger charge is 2.05. The van der Waals surface area contributed by atoms with Gasteiger partial charge in [-0.3, -0.25) is 0 Å². The van der Waals surface area contributed by atoms with E-state index in [0.29, 0.717) is 17.3 Å². The molecule has 0 unspecified atom stereocenters. The first-order valence-corrected chi connectivity index (χ1v) is 4.82. The number of halogens is 1. The number of aliphatic hydroxyl groups excluding tert-OH is 1. The lowest BCUT2D eigenvalue weighted by molar-refractivity contribution is 0.222. The fourth-order valence-electron chi connectivity index (χ4n) is 1.26. The van der Waals surface area contributed by atoms with Crippen LogP contribution in [-0.4, -0.2) is 15.2 Å². The maximum Gasteiger partial charge on any atom is 0.252 e. The number of aliphatic hydroxyl groups is 1. The third-order valence-electron chi connectivity index (χ3n) is 1.90. The second-order valence-corrected chi connectivity index (χ2v) is 3.51. The van der Waals surface area contributed by atoms with Gasteiger partial charge in [0.05, 0.1) is 0 Å². The second kappa shape index (κ2) is 4.42. The van der Waals surface area contributed by atoms with Gasteiger partial charge in [0.15, 0.2) is 5.82 Å². The van der Waals surface area contributed by atoms with Gasteiger partial charge < -0.3 is 9.63 Å². The number of benzene rings is 1. The Morgan fingerprint density at radius 1 is 1.40 bits per heavy atom. The van der Waals surface area contributed by atoms with Gasteiger partial charge in [0.1, 0.15) is 6.61 Å². The fourth-order valence-corrected chi connectivity index (χ4v) is 1.47. The van der Waals surface area contributed by atoms with Crippen molar-refractivity contribution >= 4 is 11.6 Å². The minimum Gasteiger partial charge on any atom is -0.387 e. The summed E-state index contributed by atoms with van der Waals surface area (Å²) >= 11 is 5.84. The SMILES string of the molecule is OCc1nc(Cc2cccc(Cl)c2)no1. The van der Waals surface area contributed by atoms with Crippen molar-refractivity contribution in [2.45, 2.75) is 13.0 Å². The third kappa shape index (κ3) is 2.55. The number of hydrogen-bond donors (Lipinski definition) is 1. The summed E-state index contributed by atoms with van der Waals surface area (Å²) < 4.78 is 4.77. The van der Waals surface area contributed by atoms with Crippen LogP contribution in [0.2, 0.25) is 5.02 Å². The zero-order valence-electron chi connectivity index (χ0n) is 7.85. The molecule has 0 saturated carbocycles. The normalized spacial score (nSPS) is 10.5. The van der Waals surface area contributed by atoms with Gasteiger partial charge >= 0.3 is 0 Å². The third-order valence-corrected chi connectivity index (χ3v) is 2.13. The van der Waals surface area contributed by atoms with E-state index >= 15 is 0 Å². The van der Waals surface area contributed by atoms with E-state index in [9.17, 15) is 0 Å². The average Bonchev–Trinajstić information content (AvgIpc) is 2.65. The molecule has 1 aromatic heterocycles. The maximum absolute atomic E-state index is 8.74. The summed E-state index contributed by atoms with van der Waals surface area (Å²) in [5, 5.41) is 13.1. The number of nitrogens with zero attached hydrogens (tertiary/aromatic N) is 2. The number of hydrogen-bond acceptors (Lipinski definition) is 4. The molecule has 0 bridgehead atoms. The van der Waals surface area contributed by atoms with Gasteiger partial charge in [-0.15, -0.1) is 0 Å². The predicted octanol–water partition coefficient (Wildman–Crippen LogP) is 1.81. The van der Waals surface area contributed by atoms with E-state index in [-0.39, 0.29) is 12.5 Å². The first-order chi connectivity index (χ1) is 7.28. The van der Waals surface area contributed by atoms with Crippen LogP contribution < -0.4 is 0 Å². The van der Waals surface area contributed by atoms with Crippen molar-refractivity contribution in [3.63, 3.8) is 0 Å². The van der Waals surface area contributed by atoms with E-state index in [1.54, 1.807) is 6.07 Å². The van der Waals surface area contributed by atoms with Crippen LogP contribution >= 0.6 is 11.6 Å². The molecule has 0 fully saturated rings. The Morgan fingerprint density at radius 2 is 2.27 bits per heavy atom. The van der Waals surface area contributed by atoms with E-state index < -0.39 is 0 Å². The van der Waals surface area contributed by atoms with Gasteiger partial charge in [-0.25, -0.2) is 0 Å². The number of rotatable bonds is 3. The molecule has 1 heterocycles. The molecule has 1 aromatic carbocycles. The topological polar surface area (TPSA) is 59.2 Å². The molecule has 0 saturated heterocycles. The van der Waals surface area contributed by atoms with Gasteiger partial charge in [-0.1, -0.05) is 28.9 Å². The highest BCUT2D eigenvalue weighted by atomic mass is 35.5. The summed E-state index contributed by atoms with van der Waals surface area (Å²) in [7, 11) is 0. The number of aromatic nitrogens is 2. The molecule has 2 aromatic rings. The molecule has 78 valence electrons. The van der Waals surface area contributed by atoms with Crippen molar-refractivity contribution in [2.24, 2.45) is 0 Å². The monoisotopic (exact) mass is 224 g/mol. The van der Waals surface area contributed by atoms with Crippen molar-refractivity contribution in [1.82, 2.24) is 10.1 Å². The van der Waals surface area contributed by atoms with Crippen LogP contribution in [0, 0.1) is 0 Å². The Morgan fingerprint density at radius 3 is 2.93 bits per heavy atom. The Bertz CT molecular complexity index is 456. The van der Waals surface area contributed by atoms with Gasteiger partial charge in [0.2, 0.25) is 0 Å². The van der Waals surface area contributed by atoms with Crippen LogP contribution in [0.15, 0.2) is 28.8 Å². The standard InChI is InChI=1S/C10H9ClN2O2/c11-8-3-1-2-7(4-8)5-9-12-10(6-14)15-13-9/h1-4,14H,5-6H2. The minimum absolute atomic E-state index is 0.229. The van der Waals surface area contributed by atoms with E-state index in [4.69, 9.17) is 21.2 Å². The minimum atomic E-state index is -0.234. The molecule has 0 amide bonds. The molecule has 15 heavy (non-hydrogen) atoms. The fraction of sp³-hybridized carbons (Fsp3) is 0.200. The maximum atomic E-state index is 8.74. The lowest BCUT2D eigenvalue weighted by Crippen LogP contribution is -1.91. The summed E-state index contributed by atoms with van der Waals surface area (Å²) in [6.45, 7) is -0.234. The summed E-state index contributed by atoms with van der Waals surface area (Å²) in [6.07, 6.45) is 0.546. The summed E-state index contributed by atoms with van der Waals surface area (Å²) in [6, 6.07) is 7.45. The quantitative estimate of drug-likeness (QED) is 0.864. The largest absolute Gasteiger partial charge is 0.387 e. The Hall–Kier alpha value is -1.39. The van der Waals surface area contributed by atoms with Crippen molar-refractivity contribution < 1.29 is 9.63 Å². The van der Waals surface area contributed by atoms with Gasteiger partial charge in [0, 0.05) is 11.4 Å². The van der Waals surface area contributed by atoms with Gasteiger partial charge in [0.25, 0.3) is 5.89 Å². The van der Waals surface area contributed by atoms with Crippen LogP contribution in [0.4, 0.5) is 0 Å². The summed E-state index contributed by atoms with van der Waals surface area (Å²) in [4.78, 5) is 3.98. The predicted molar refractivity (Wildman–Crippen MR) is 54.5 cm³/mol. The van der Waals surface area contributed by atoms with Crippen LogP contribution in [0.25, 0.3) is 0 Å². The van der Waals surface area contributed by atoms with Crippen molar-refractivity contribution in [1.29, 1.82) is 0 Å². The molecule has 0 radical (unpaired) electrons. The molecular formula is C10H9ClN2O2. The Balaban J connectivity index is 2.14. The lowest BCUT2D eigenvalue weighted by atomic mass is 10.1. The molecule has 5 heteroatoms. The first kappa shape index (κ1) is 10.1. The molecule has 0 aliphatic carbocycles. The zero-order valence-corrected chi connectivity index (χ0v) is 8.61. The van der Waals surface area contributed by atoms with E-state index in [2.05, 4.69) is 10.1 Å². The Labute approximate surface area is 91.5 Å². The van der Waals surface area contributed by atoms with Crippen molar-refractivity contribution in [2.75, 3.05) is 0 Å². The van der Waals surface area contributed by atoms with E-state index in [0.717, 1.165) is 5.56 Å². The highest BCUT2D eigenvalue weighted by molar-refractivity contribution is 6.30. The molecule has 0 spiro atoms. The molecular weight excluding hydrogens is 216 g/mol. The molecule has 4 nitrogen and oxygen atoms in total. The van der Waals surface area contributed by atoms with E-state index in [1.807, 2.05) is 18.2 Å². The summed E-state index contributed by atoms with van der Waals surface area (Å²) in [5.41, 5.74) is 1.01. The van der Waals surface area contributed by atoms with Crippen molar-refractivity contribution in [3.05, 3.63) is 46.6 Å².